The smallest absolute Gasteiger partial charge is 0.165 e. The van der Waals surface area contributed by atoms with Gasteiger partial charge in [-0.15, -0.1) is 11.3 Å². The molecule has 27 heavy (non-hydrogen) atoms. The van der Waals surface area contributed by atoms with E-state index in [0.717, 1.165) is 17.2 Å². The molecule has 4 rings (SSSR count). The molecule has 0 amide bonds. The van der Waals surface area contributed by atoms with Crippen LogP contribution in [0.15, 0.2) is 35.7 Å². The van der Waals surface area contributed by atoms with Gasteiger partial charge in [0.15, 0.2) is 11.5 Å². The predicted octanol–water partition coefficient (Wildman–Crippen LogP) is 7.85. The maximum atomic E-state index is 6.31. The number of thiophene rings is 1. The zero-order valence-corrected chi connectivity index (χ0v) is 18.0. The monoisotopic (exact) mass is 377 g/mol. The van der Waals surface area contributed by atoms with Crippen LogP contribution in [0.4, 0.5) is 16.4 Å². The van der Waals surface area contributed by atoms with Gasteiger partial charge in [0, 0.05) is 5.56 Å². The van der Waals surface area contributed by atoms with Crippen molar-refractivity contribution in [3.8, 4) is 11.5 Å². The van der Waals surface area contributed by atoms with Crippen LogP contribution in [0, 0.1) is 27.7 Å². The van der Waals surface area contributed by atoms with Crippen molar-refractivity contribution in [2.24, 2.45) is 0 Å². The zero-order chi connectivity index (χ0) is 19.5. The molecule has 2 nitrogen and oxygen atoms in total. The Kier molecular flexibility index (Phi) is 4.12. The van der Waals surface area contributed by atoms with E-state index >= 15 is 0 Å². The van der Waals surface area contributed by atoms with Crippen molar-refractivity contribution in [2.75, 3.05) is 4.90 Å². The van der Waals surface area contributed by atoms with Gasteiger partial charge in [0.05, 0.1) is 11.4 Å². The predicted molar refractivity (Wildman–Crippen MR) is 117 cm³/mol. The van der Waals surface area contributed by atoms with Crippen LogP contribution < -0.4 is 9.64 Å². The molecule has 0 radical (unpaired) electrons. The number of rotatable bonds is 1. The molecule has 0 unspecified atom stereocenters. The summed E-state index contributed by atoms with van der Waals surface area (Å²) >= 11 is 1.75. The summed E-state index contributed by atoms with van der Waals surface area (Å²) in [6.45, 7) is 15.5. The average molecular weight is 378 g/mol. The molecule has 2 heterocycles. The lowest BCUT2D eigenvalue weighted by Gasteiger charge is -2.34. The lowest BCUT2D eigenvalue weighted by molar-refractivity contribution is 0.475. The minimum absolute atomic E-state index is 0.138. The molecule has 0 fully saturated rings. The molecule has 0 N–H and O–H groups in total. The first-order chi connectivity index (χ1) is 12.7. The van der Waals surface area contributed by atoms with Gasteiger partial charge in [-0.1, -0.05) is 39.0 Å². The van der Waals surface area contributed by atoms with Gasteiger partial charge in [0.25, 0.3) is 0 Å². The first-order valence-corrected chi connectivity index (χ1v) is 10.3. The summed E-state index contributed by atoms with van der Waals surface area (Å²) < 4.78 is 6.31. The Morgan fingerprint density at radius 1 is 0.889 bits per heavy atom. The van der Waals surface area contributed by atoms with E-state index in [1.807, 2.05) is 0 Å². The third-order valence-electron chi connectivity index (χ3n) is 5.25. The molecule has 3 heteroatoms. The minimum Gasteiger partial charge on any atom is -0.452 e. The van der Waals surface area contributed by atoms with Gasteiger partial charge < -0.3 is 4.74 Å². The summed E-state index contributed by atoms with van der Waals surface area (Å²) in [6.07, 6.45) is 0. The highest BCUT2D eigenvalue weighted by molar-refractivity contribution is 7.15. The first-order valence-electron chi connectivity index (χ1n) is 9.45. The number of anilines is 3. The Hall–Kier alpha value is -2.26. The van der Waals surface area contributed by atoms with E-state index in [1.54, 1.807) is 11.3 Å². The second kappa shape index (κ2) is 6.13. The van der Waals surface area contributed by atoms with Gasteiger partial charge in [-0.3, -0.25) is 4.90 Å². The van der Waals surface area contributed by atoms with Gasteiger partial charge in [0.2, 0.25) is 0 Å². The molecular formula is C24H27NOS. The molecule has 0 spiro atoms. The largest absolute Gasteiger partial charge is 0.452 e. The molecule has 3 aromatic rings. The molecule has 0 saturated carbocycles. The van der Waals surface area contributed by atoms with E-state index in [0.29, 0.717) is 0 Å². The highest BCUT2D eigenvalue weighted by Crippen LogP contribution is 2.55. The number of hydrogen-bond donors (Lipinski definition) is 0. The number of fused-ring (bicyclic) bond motifs is 2. The second-order valence-electron chi connectivity index (χ2n) is 8.67. The topological polar surface area (TPSA) is 12.5 Å². The van der Waals surface area contributed by atoms with E-state index in [2.05, 4.69) is 89.1 Å². The zero-order valence-electron chi connectivity index (χ0n) is 17.2. The maximum absolute atomic E-state index is 6.31. The Bertz CT molecular complexity index is 1020. The highest BCUT2D eigenvalue weighted by Gasteiger charge is 2.31. The molecule has 1 aliphatic heterocycles. The summed E-state index contributed by atoms with van der Waals surface area (Å²) in [5, 5.41) is 3.35. The van der Waals surface area contributed by atoms with Gasteiger partial charge in [-0.2, -0.15) is 0 Å². The van der Waals surface area contributed by atoms with E-state index in [1.165, 1.54) is 38.5 Å². The lowest BCUT2D eigenvalue weighted by Crippen LogP contribution is -2.18. The highest BCUT2D eigenvalue weighted by atomic mass is 32.1. The van der Waals surface area contributed by atoms with Crippen LogP contribution in [0.1, 0.15) is 48.6 Å². The molecular weight excluding hydrogens is 350 g/mol. The number of benzene rings is 2. The van der Waals surface area contributed by atoms with Crippen molar-refractivity contribution in [3.05, 3.63) is 63.5 Å². The maximum Gasteiger partial charge on any atom is 0.165 e. The van der Waals surface area contributed by atoms with Crippen molar-refractivity contribution >= 4 is 27.7 Å². The van der Waals surface area contributed by atoms with Crippen molar-refractivity contribution in [2.45, 2.75) is 53.9 Å². The van der Waals surface area contributed by atoms with E-state index < -0.39 is 0 Å². The third kappa shape index (κ3) is 2.94. The number of hydrogen-bond acceptors (Lipinski definition) is 3. The Labute approximate surface area is 166 Å². The number of aryl methyl sites for hydroxylation is 4. The fourth-order valence-corrected chi connectivity index (χ4v) is 4.77. The fourth-order valence-electron chi connectivity index (χ4n) is 3.77. The molecule has 140 valence electrons. The van der Waals surface area contributed by atoms with Gasteiger partial charge in [-0.05, 0) is 72.9 Å². The fraction of sp³-hybridized carbons (Fsp3) is 0.333. The second-order valence-corrected chi connectivity index (χ2v) is 9.53. The molecule has 1 aromatic heterocycles. The normalized spacial score (nSPS) is 13.2. The Morgan fingerprint density at radius 2 is 1.56 bits per heavy atom. The molecule has 0 atom stereocenters. The van der Waals surface area contributed by atoms with Gasteiger partial charge in [0.1, 0.15) is 5.00 Å². The standard InChI is InChI=1S/C24H27NOS/c1-14-8-9-19-20(10-14)26-22-17(4)13-27-23(22)25(19)21-15(2)11-18(12-16(21)3)24(5,6)7/h8-13H,1-7H3. The van der Waals surface area contributed by atoms with Gasteiger partial charge >= 0.3 is 0 Å². The number of ether oxygens (including phenoxy) is 1. The molecule has 0 bridgehead atoms. The van der Waals surface area contributed by atoms with Crippen molar-refractivity contribution < 1.29 is 4.74 Å². The van der Waals surface area contributed by atoms with Gasteiger partial charge in [-0.25, -0.2) is 0 Å². The molecule has 0 aliphatic carbocycles. The molecule has 0 saturated heterocycles. The van der Waals surface area contributed by atoms with Crippen molar-refractivity contribution in [1.29, 1.82) is 0 Å². The SMILES string of the molecule is Cc1ccc2c(c1)Oc1c(C)csc1N2c1c(C)cc(C(C)(C)C)cc1C. The minimum atomic E-state index is 0.138. The molecule has 2 aromatic carbocycles. The lowest BCUT2D eigenvalue weighted by atomic mass is 9.84. The Balaban J connectivity index is 1.97. The van der Waals surface area contributed by atoms with Crippen molar-refractivity contribution in [1.82, 2.24) is 0 Å². The third-order valence-corrected chi connectivity index (χ3v) is 6.31. The summed E-state index contributed by atoms with van der Waals surface area (Å²) in [5.41, 5.74) is 8.88. The van der Waals surface area contributed by atoms with Crippen LogP contribution in [0.25, 0.3) is 0 Å². The quantitative estimate of drug-likeness (QED) is 0.335. The summed E-state index contributed by atoms with van der Waals surface area (Å²) in [5.74, 6) is 1.92. The van der Waals surface area contributed by atoms with Crippen LogP contribution in [-0.2, 0) is 5.41 Å². The van der Waals surface area contributed by atoms with Crippen LogP contribution in [0.5, 0.6) is 11.5 Å². The summed E-state index contributed by atoms with van der Waals surface area (Å²) in [4.78, 5) is 2.39. The van der Waals surface area contributed by atoms with Crippen LogP contribution in [0.2, 0.25) is 0 Å². The first kappa shape index (κ1) is 18.1. The number of nitrogens with zero attached hydrogens (tertiary/aromatic N) is 1. The van der Waals surface area contributed by atoms with E-state index in [9.17, 15) is 0 Å². The van der Waals surface area contributed by atoms with Crippen LogP contribution in [-0.4, -0.2) is 0 Å². The van der Waals surface area contributed by atoms with E-state index in [4.69, 9.17) is 4.74 Å². The average Bonchev–Trinajstić information content (AvgIpc) is 2.93. The van der Waals surface area contributed by atoms with Crippen molar-refractivity contribution in [3.63, 3.8) is 0 Å². The summed E-state index contributed by atoms with van der Waals surface area (Å²) in [6, 6.07) is 11.2. The molecule has 1 aliphatic rings. The van der Waals surface area contributed by atoms with Crippen LogP contribution >= 0.6 is 11.3 Å². The van der Waals surface area contributed by atoms with E-state index in [-0.39, 0.29) is 5.41 Å². The summed E-state index contributed by atoms with van der Waals surface area (Å²) in [7, 11) is 0. The Morgan fingerprint density at radius 3 is 2.19 bits per heavy atom. The van der Waals surface area contributed by atoms with Crippen LogP contribution in [0.3, 0.4) is 0 Å².